The van der Waals surface area contributed by atoms with Crippen LogP contribution in [0.25, 0.3) is 20.9 Å². The summed E-state index contributed by atoms with van der Waals surface area (Å²) in [6.07, 6.45) is 0. The number of fused-ring (bicyclic) bond motifs is 1. The minimum absolute atomic E-state index is 0.00474. The first-order valence-corrected chi connectivity index (χ1v) is 9.83. The number of carbonyl (C=O) groups excluding carboxylic acids is 1. The minimum Gasteiger partial charge on any atom is -0.438 e. The zero-order valence-electron chi connectivity index (χ0n) is 14.6. The van der Waals surface area contributed by atoms with E-state index in [1.807, 2.05) is 29.6 Å². The largest absolute Gasteiger partial charge is 0.438 e. The number of carbonyl (C=O) groups is 1. The van der Waals surface area contributed by atoms with E-state index in [-0.39, 0.29) is 5.78 Å². The number of nitrogens with zero attached hydrogens (tertiary/aromatic N) is 2. The minimum atomic E-state index is 0.00474. The summed E-state index contributed by atoms with van der Waals surface area (Å²) in [6.45, 7) is 5.68. The van der Waals surface area contributed by atoms with E-state index < -0.39 is 0 Å². The highest BCUT2D eigenvalue weighted by Crippen LogP contribution is 2.38. The molecule has 3 heterocycles. The number of aryl methyl sites for hydroxylation is 2. The van der Waals surface area contributed by atoms with Crippen molar-refractivity contribution < 1.29 is 9.53 Å². The van der Waals surface area contributed by atoms with Crippen LogP contribution in [0, 0.1) is 13.8 Å². The molecule has 0 saturated heterocycles. The van der Waals surface area contributed by atoms with E-state index in [0.29, 0.717) is 23.0 Å². The average molecular weight is 380 g/mol. The van der Waals surface area contributed by atoms with E-state index in [1.54, 1.807) is 41.7 Å². The second-order valence-corrected chi connectivity index (χ2v) is 8.13. The summed E-state index contributed by atoms with van der Waals surface area (Å²) >= 11 is 3.24. The predicted octanol–water partition coefficient (Wildman–Crippen LogP) is 6.03. The molecule has 1 aromatic carbocycles. The van der Waals surface area contributed by atoms with Gasteiger partial charge in [-0.05, 0) is 49.9 Å². The second kappa shape index (κ2) is 6.63. The smallest absolute Gasteiger partial charge is 0.231 e. The average Bonchev–Trinajstić information content (AvgIpc) is 3.24. The Labute approximate surface area is 159 Å². The molecule has 4 aromatic rings. The molecule has 0 N–H and O–H groups in total. The fourth-order valence-electron chi connectivity index (χ4n) is 2.69. The lowest BCUT2D eigenvalue weighted by Gasteiger charge is -2.09. The maximum absolute atomic E-state index is 11.7. The van der Waals surface area contributed by atoms with Crippen molar-refractivity contribution in [2.75, 3.05) is 0 Å². The van der Waals surface area contributed by atoms with Crippen LogP contribution in [0.3, 0.4) is 0 Å². The van der Waals surface area contributed by atoms with Gasteiger partial charge in [-0.3, -0.25) is 4.79 Å². The number of ether oxygens (including phenoxy) is 1. The first kappa shape index (κ1) is 16.9. The van der Waals surface area contributed by atoms with E-state index in [1.165, 1.54) is 4.88 Å². The van der Waals surface area contributed by atoms with Gasteiger partial charge in [-0.25, -0.2) is 4.98 Å². The summed E-state index contributed by atoms with van der Waals surface area (Å²) in [6, 6.07) is 11.2. The van der Waals surface area contributed by atoms with Crippen molar-refractivity contribution in [2.24, 2.45) is 0 Å². The van der Waals surface area contributed by atoms with Crippen LogP contribution in [-0.2, 0) is 0 Å². The number of benzene rings is 1. The third-order valence-corrected chi connectivity index (χ3v) is 6.16. The molecule has 0 saturated carbocycles. The van der Waals surface area contributed by atoms with Crippen molar-refractivity contribution in [1.82, 2.24) is 9.97 Å². The van der Waals surface area contributed by atoms with Crippen LogP contribution in [0.4, 0.5) is 0 Å². The van der Waals surface area contributed by atoms with E-state index in [4.69, 9.17) is 9.72 Å². The molecule has 6 heteroatoms. The lowest BCUT2D eigenvalue weighted by atomic mass is 10.1. The predicted molar refractivity (Wildman–Crippen MR) is 107 cm³/mol. The van der Waals surface area contributed by atoms with Gasteiger partial charge in [0, 0.05) is 10.4 Å². The van der Waals surface area contributed by atoms with Gasteiger partial charge < -0.3 is 4.74 Å². The number of aromatic nitrogens is 2. The monoisotopic (exact) mass is 380 g/mol. The van der Waals surface area contributed by atoms with E-state index in [2.05, 4.69) is 18.8 Å². The molecule has 0 amide bonds. The van der Waals surface area contributed by atoms with Crippen molar-refractivity contribution in [3.05, 3.63) is 57.8 Å². The fourth-order valence-corrected chi connectivity index (χ4v) is 4.37. The van der Waals surface area contributed by atoms with Crippen LogP contribution in [0.15, 0.2) is 41.8 Å². The number of ketones is 1. The van der Waals surface area contributed by atoms with Crippen LogP contribution in [0.5, 0.6) is 11.6 Å². The Morgan fingerprint density at radius 1 is 1.12 bits per heavy atom. The van der Waals surface area contributed by atoms with Gasteiger partial charge >= 0.3 is 0 Å². The molecule has 0 unspecified atom stereocenters. The quantitative estimate of drug-likeness (QED) is 0.406. The van der Waals surface area contributed by atoms with E-state index >= 15 is 0 Å². The van der Waals surface area contributed by atoms with Crippen LogP contribution in [-0.4, -0.2) is 15.8 Å². The summed E-state index contributed by atoms with van der Waals surface area (Å²) in [5.41, 5.74) is 1.74. The molecule has 4 nitrogen and oxygen atoms in total. The van der Waals surface area contributed by atoms with Gasteiger partial charge in [-0.1, -0.05) is 18.2 Å². The molecule has 26 heavy (non-hydrogen) atoms. The van der Waals surface area contributed by atoms with E-state index in [9.17, 15) is 4.79 Å². The molecule has 0 bridgehead atoms. The highest BCUT2D eigenvalue weighted by molar-refractivity contribution is 7.18. The molecular weight excluding hydrogens is 364 g/mol. The third-order valence-electron chi connectivity index (χ3n) is 4.19. The normalized spacial score (nSPS) is 11.0. The number of hydrogen-bond acceptors (Lipinski definition) is 6. The lowest BCUT2D eigenvalue weighted by molar-refractivity contribution is 0.101. The molecule has 0 atom stereocenters. The van der Waals surface area contributed by atoms with Gasteiger partial charge in [0.25, 0.3) is 0 Å². The highest BCUT2D eigenvalue weighted by Gasteiger charge is 2.18. The van der Waals surface area contributed by atoms with Crippen LogP contribution >= 0.6 is 22.7 Å². The van der Waals surface area contributed by atoms with Gasteiger partial charge in [0.2, 0.25) is 5.88 Å². The molecular formula is C20H16N2O2S2. The van der Waals surface area contributed by atoms with Crippen molar-refractivity contribution in [3.8, 4) is 22.3 Å². The molecule has 0 aliphatic carbocycles. The summed E-state index contributed by atoms with van der Waals surface area (Å²) in [5, 5.41) is 2.94. The van der Waals surface area contributed by atoms with Crippen molar-refractivity contribution in [3.63, 3.8) is 0 Å². The van der Waals surface area contributed by atoms with Gasteiger partial charge in [-0.15, -0.1) is 22.7 Å². The van der Waals surface area contributed by atoms with Crippen molar-refractivity contribution in [1.29, 1.82) is 0 Å². The Hall–Kier alpha value is -2.57. The maximum atomic E-state index is 11.7. The molecule has 130 valence electrons. The number of thiophene rings is 2. The zero-order chi connectivity index (χ0) is 18.3. The fraction of sp³-hybridized carbons (Fsp3) is 0.150. The summed E-state index contributed by atoms with van der Waals surface area (Å²) < 4.78 is 6.12. The van der Waals surface area contributed by atoms with E-state index in [0.717, 1.165) is 20.7 Å². The van der Waals surface area contributed by atoms with Gasteiger partial charge in [0.1, 0.15) is 10.6 Å². The van der Waals surface area contributed by atoms with Crippen LogP contribution in [0.2, 0.25) is 0 Å². The molecule has 0 spiro atoms. The lowest BCUT2D eigenvalue weighted by Crippen LogP contribution is -1.96. The Bertz CT molecular complexity index is 1110. The molecule has 4 rings (SSSR count). The van der Waals surface area contributed by atoms with Gasteiger partial charge in [0.15, 0.2) is 11.6 Å². The zero-order valence-corrected chi connectivity index (χ0v) is 16.2. The molecule has 0 fully saturated rings. The standard InChI is InChI=1S/C20H16N2O2S2/c1-11-13(3)26-20-17(11)19(21-18(22-20)16-8-5-9-25-16)24-15-7-4-6-14(10-15)12(2)23/h4-10H,1-3H3. The maximum Gasteiger partial charge on any atom is 0.231 e. The summed E-state index contributed by atoms with van der Waals surface area (Å²) in [7, 11) is 0. The third kappa shape index (κ3) is 3.02. The van der Waals surface area contributed by atoms with Crippen molar-refractivity contribution in [2.45, 2.75) is 20.8 Å². The Morgan fingerprint density at radius 2 is 1.96 bits per heavy atom. The van der Waals surface area contributed by atoms with Gasteiger partial charge in [-0.2, -0.15) is 4.98 Å². The number of Topliss-reactive ketones (excluding diaryl/α,β-unsaturated/α-hetero) is 1. The van der Waals surface area contributed by atoms with Crippen LogP contribution in [0.1, 0.15) is 27.7 Å². The second-order valence-electron chi connectivity index (χ2n) is 5.98. The van der Waals surface area contributed by atoms with Crippen molar-refractivity contribution >= 4 is 38.7 Å². The summed E-state index contributed by atoms with van der Waals surface area (Å²) in [4.78, 5) is 24.2. The van der Waals surface area contributed by atoms with Gasteiger partial charge in [0.05, 0.1) is 10.3 Å². The highest BCUT2D eigenvalue weighted by atomic mass is 32.1. The Kier molecular flexibility index (Phi) is 4.30. The van der Waals surface area contributed by atoms with Crippen LogP contribution < -0.4 is 4.74 Å². The summed E-state index contributed by atoms with van der Waals surface area (Å²) in [5.74, 6) is 1.79. The number of hydrogen-bond donors (Lipinski definition) is 0. The molecule has 0 radical (unpaired) electrons. The Morgan fingerprint density at radius 3 is 2.69 bits per heavy atom. The first-order chi connectivity index (χ1) is 12.5. The molecule has 3 aromatic heterocycles. The SMILES string of the molecule is CC(=O)c1cccc(Oc2nc(-c3cccs3)nc3sc(C)c(C)c23)c1. The topological polar surface area (TPSA) is 52.1 Å². The number of rotatable bonds is 4. The molecule has 0 aliphatic rings. The Balaban J connectivity index is 1.87. The molecule has 0 aliphatic heterocycles. The first-order valence-electron chi connectivity index (χ1n) is 8.13.